The van der Waals surface area contributed by atoms with E-state index < -0.39 is 17.6 Å². The van der Waals surface area contributed by atoms with Gasteiger partial charge in [0.15, 0.2) is 11.5 Å². The molecule has 0 saturated heterocycles. The zero-order chi connectivity index (χ0) is 22.6. The smallest absolute Gasteiger partial charge is 0.416 e. The predicted molar refractivity (Wildman–Crippen MR) is 109 cm³/mol. The van der Waals surface area contributed by atoms with Crippen LogP contribution in [0.2, 0.25) is 0 Å². The second kappa shape index (κ2) is 9.22. The number of nitrogens with one attached hydrogen (secondary N) is 1. The Bertz CT molecular complexity index is 1010. The zero-order valence-corrected chi connectivity index (χ0v) is 17.2. The lowest BCUT2D eigenvalue weighted by atomic mass is 10.0. The van der Waals surface area contributed by atoms with Gasteiger partial charge in [0.1, 0.15) is 5.75 Å². The summed E-state index contributed by atoms with van der Waals surface area (Å²) in [4.78, 5) is 14.3. The van der Waals surface area contributed by atoms with Crippen LogP contribution in [0, 0.1) is 0 Å². The van der Waals surface area contributed by atoms with Crippen LogP contribution in [0.15, 0.2) is 59.1 Å². The van der Waals surface area contributed by atoms with Crippen molar-refractivity contribution in [3.05, 3.63) is 71.4 Å². The number of amides is 1. The molecule has 0 spiro atoms. The number of carbonyl (C=O) groups excluding carboxylic acids is 1. The number of halogens is 3. The average molecular weight is 433 g/mol. The summed E-state index contributed by atoms with van der Waals surface area (Å²) in [6.45, 7) is 0.182. The fourth-order valence-corrected chi connectivity index (χ4v) is 3.05. The van der Waals surface area contributed by atoms with Crippen molar-refractivity contribution in [2.45, 2.75) is 12.2 Å². The van der Waals surface area contributed by atoms with Gasteiger partial charge in [0.05, 0.1) is 18.7 Å². The van der Waals surface area contributed by atoms with Crippen LogP contribution < -0.4 is 10.1 Å². The molecule has 0 bridgehead atoms. The number of ether oxygens (including phenoxy) is 1. The molecule has 6 nitrogen and oxygen atoms in total. The molecule has 0 aliphatic heterocycles. The van der Waals surface area contributed by atoms with Gasteiger partial charge >= 0.3 is 6.18 Å². The summed E-state index contributed by atoms with van der Waals surface area (Å²) in [5, 5.41) is 6.57. The molecule has 9 heteroatoms. The third kappa shape index (κ3) is 5.43. The Morgan fingerprint density at radius 1 is 1.13 bits per heavy atom. The summed E-state index contributed by atoms with van der Waals surface area (Å²) in [7, 11) is 5.14. The second-order valence-corrected chi connectivity index (χ2v) is 7.11. The highest BCUT2D eigenvalue weighted by molar-refractivity contribution is 5.93. The normalized spacial score (nSPS) is 12.6. The van der Waals surface area contributed by atoms with Crippen molar-refractivity contribution in [2.24, 2.45) is 0 Å². The van der Waals surface area contributed by atoms with Crippen LogP contribution in [0.1, 0.15) is 27.7 Å². The molecule has 31 heavy (non-hydrogen) atoms. The third-order valence-corrected chi connectivity index (χ3v) is 4.82. The number of alkyl halides is 3. The van der Waals surface area contributed by atoms with Gasteiger partial charge in [-0.15, -0.1) is 0 Å². The van der Waals surface area contributed by atoms with Gasteiger partial charge in [-0.05, 0) is 56.1 Å². The van der Waals surface area contributed by atoms with Crippen molar-refractivity contribution >= 4 is 5.91 Å². The third-order valence-electron chi connectivity index (χ3n) is 4.82. The molecule has 1 heterocycles. The van der Waals surface area contributed by atoms with Crippen molar-refractivity contribution in [3.63, 3.8) is 0 Å². The van der Waals surface area contributed by atoms with E-state index in [0.29, 0.717) is 17.1 Å². The van der Waals surface area contributed by atoms with Crippen LogP contribution in [0.25, 0.3) is 11.3 Å². The number of hydrogen-bond donors (Lipinski definition) is 1. The van der Waals surface area contributed by atoms with Crippen molar-refractivity contribution in [2.75, 3.05) is 27.7 Å². The number of aromatic nitrogens is 1. The van der Waals surface area contributed by atoms with E-state index in [2.05, 4.69) is 10.5 Å². The highest BCUT2D eigenvalue weighted by Crippen LogP contribution is 2.30. The number of nitrogens with zero attached hydrogens (tertiary/aromatic N) is 2. The lowest BCUT2D eigenvalue weighted by molar-refractivity contribution is -0.137. The molecule has 1 N–H and O–H groups in total. The Labute approximate surface area is 177 Å². The van der Waals surface area contributed by atoms with Gasteiger partial charge in [0.25, 0.3) is 5.91 Å². The molecule has 3 rings (SSSR count). The molecule has 0 unspecified atom stereocenters. The first kappa shape index (κ1) is 22.4. The summed E-state index contributed by atoms with van der Waals surface area (Å²) >= 11 is 0. The first-order valence-electron chi connectivity index (χ1n) is 9.42. The molecule has 2 aromatic carbocycles. The molecular formula is C22H22F3N3O3. The van der Waals surface area contributed by atoms with Crippen LogP contribution >= 0.6 is 0 Å². The summed E-state index contributed by atoms with van der Waals surface area (Å²) in [6.07, 6.45) is -4.39. The predicted octanol–water partition coefficient (Wildman–Crippen LogP) is 4.40. The number of benzene rings is 2. The van der Waals surface area contributed by atoms with Crippen molar-refractivity contribution in [1.29, 1.82) is 0 Å². The summed E-state index contributed by atoms with van der Waals surface area (Å²) in [6, 6.07) is 13.2. The Balaban J connectivity index is 1.67. The SMILES string of the molecule is COc1ccc(-c2cc(C(=O)NC[C@H](c3ccc(C(F)(F)F)cc3)N(C)C)no2)cc1. The number of carbonyl (C=O) groups is 1. The molecule has 164 valence electrons. The van der Waals surface area contributed by atoms with E-state index in [1.807, 2.05) is 4.90 Å². The van der Waals surface area contributed by atoms with Crippen LogP contribution in [0.4, 0.5) is 13.2 Å². The van der Waals surface area contributed by atoms with E-state index in [9.17, 15) is 18.0 Å². The highest BCUT2D eigenvalue weighted by Gasteiger charge is 2.30. The molecule has 1 amide bonds. The van der Waals surface area contributed by atoms with Crippen LogP contribution in [0.5, 0.6) is 5.75 Å². The van der Waals surface area contributed by atoms with E-state index in [1.165, 1.54) is 18.2 Å². The lowest BCUT2D eigenvalue weighted by Crippen LogP contribution is -2.34. The fourth-order valence-electron chi connectivity index (χ4n) is 3.05. The maximum Gasteiger partial charge on any atom is 0.416 e. The monoisotopic (exact) mass is 433 g/mol. The second-order valence-electron chi connectivity index (χ2n) is 7.11. The minimum atomic E-state index is -4.39. The Kier molecular flexibility index (Phi) is 6.65. The standard InChI is InChI=1S/C22H22F3N3O3/c1-28(2)19(14-4-8-16(9-5-14)22(23,24)25)13-26-21(29)18-12-20(31-27-18)15-6-10-17(30-3)11-7-15/h4-12,19H,13H2,1-3H3,(H,26,29)/t19-/m1/s1. The Morgan fingerprint density at radius 2 is 1.77 bits per heavy atom. The maximum absolute atomic E-state index is 12.8. The number of likely N-dealkylation sites (N-methyl/N-ethyl adjacent to an activating group) is 1. The Hall–Kier alpha value is -3.33. The molecular weight excluding hydrogens is 411 g/mol. The first-order chi connectivity index (χ1) is 14.7. The van der Waals surface area contributed by atoms with E-state index in [1.54, 1.807) is 45.5 Å². The van der Waals surface area contributed by atoms with Gasteiger partial charge in [-0.3, -0.25) is 4.79 Å². The molecule has 1 atom stereocenters. The first-order valence-corrected chi connectivity index (χ1v) is 9.42. The van der Waals surface area contributed by atoms with Crippen LogP contribution in [-0.4, -0.2) is 43.7 Å². The topological polar surface area (TPSA) is 67.6 Å². The molecule has 3 aromatic rings. The lowest BCUT2D eigenvalue weighted by Gasteiger charge is -2.25. The number of rotatable bonds is 7. The average Bonchev–Trinajstić information content (AvgIpc) is 3.24. The van der Waals surface area contributed by atoms with Gasteiger partial charge in [-0.1, -0.05) is 17.3 Å². The zero-order valence-electron chi connectivity index (χ0n) is 17.2. The molecule has 0 aliphatic carbocycles. The molecule has 0 fully saturated rings. The minimum absolute atomic E-state index is 0.107. The maximum atomic E-state index is 12.8. The van der Waals surface area contributed by atoms with E-state index >= 15 is 0 Å². The highest BCUT2D eigenvalue weighted by atomic mass is 19.4. The summed E-state index contributed by atoms with van der Waals surface area (Å²) < 4.78 is 48.8. The molecule has 0 saturated carbocycles. The van der Waals surface area contributed by atoms with E-state index in [4.69, 9.17) is 9.26 Å². The summed E-state index contributed by atoms with van der Waals surface area (Å²) in [5.74, 6) is 0.682. The van der Waals surface area contributed by atoms with Crippen molar-refractivity contribution in [3.8, 4) is 17.1 Å². The Morgan fingerprint density at radius 3 is 2.32 bits per heavy atom. The van der Waals surface area contributed by atoms with Gasteiger partial charge in [-0.25, -0.2) is 0 Å². The minimum Gasteiger partial charge on any atom is -0.497 e. The number of hydrogen-bond acceptors (Lipinski definition) is 5. The molecule has 0 aliphatic rings. The van der Waals surface area contributed by atoms with Crippen molar-refractivity contribution in [1.82, 2.24) is 15.4 Å². The largest absolute Gasteiger partial charge is 0.497 e. The van der Waals surface area contributed by atoms with Crippen LogP contribution in [-0.2, 0) is 6.18 Å². The van der Waals surface area contributed by atoms with E-state index in [0.717, 1.165) is 17.7 Å². The van der Waals surface area contributed by atoms with Crippen LogP contribution in [0.3, 0.4) is 0 Å². The van der Waals surface area contributed by atoms with Crippen molar-refractivity contribution < 1.29 is 27.2 Å². The van der Waals surface area contributed by atoms with Gasteiger partial charge in [-0.2, -0.15) is 13.2 Å². The van der Waals surface area contributed by atoms with Gasteiger partial charge < -0.3 is 19.5 Å². The van der Waals surface area contributed by atoms with E-state index in [-0.39, 0.29) is 18.3 Å². The van der Waals surface area contributed by atoms with Gasteiger partial charge in [0.2, 0.25) is 0 Å². The van der Waals surface area contributed by atoms with Gasteiger partial charge in [0, 0.05) is 18.2 Å². The fraction of sp³-hybridized carbons (Fsp3) is 0.273. The molecule has 0 radical (unpaired) electrons. The quantitative estimate of drug-likeness (QED) is 0.598. The molecule has 1 aromatic heterocycles. The number of methoxy groups -OCH3 is 1. The summed E-state index contributed by atoms with van der Waals surface area (Å²) in [5.41, 5.74) is 0.780.